The van der Waals surface area contributed by atoms with E-state index in [0.29, 0.717) is 12.3 Å². The molecule has 4 heteroatoms. The maximum atomic E-state index is 12.5. The SMILES string of the molecule is CNC1(CC(=O)NC2(CO)CCC(C)CC2)CCCCC1. The van der Waals surface area contributed by atoms with Gasteiger partial charge in [-0.05, 0) is 51.5 Å². The van der Waals surface area contributed by atoms with Crippen molar-refractivity contribution >= 4 is 5.91 Å². The summed E-state index contributed by atoms with van der Waals surface area (Å²) in [5.41, 5.74) is -0.395. The van der Waals surface area contributed by atoms with Crippen LogP contribution in [0.2, 0.25) is 0 Å². The molecule has 0 bridgehead atoms. The van der Waals surface area contributed by atoms with Crippen LogP contribution in [0.25, 0.3) is 0 Å². The normalized spacial score (nSPS) is 32.6. The summed E-state index contributed by atoms with van der Waals surface area (Å²) >= 11 is 0. The minimum atomic E-state index is -0.368. The highest BCUT2D eigenvalue weighted by Crippen LogP contribution is 2.33. The lowest BCUT2D eigenvalue weighted by Gasteiger charge is -2.41. The van der Waals surface area contributed by atoms with Crippen molar-refractivity contribution in [1.29, 1.82) is 0 Å². The largest absolute Gasteiger partial charge is 0.394 e. The Hall–Kier alpha value is -0.610. The molecule has 122 valence electrons. The van der Waals surface area contributed by atoms with Crippen LogP contribution in [0.5, 0.6) is 0 Å². The van der Waals surface area contributed by atoms with Gasteiger partial charge in [0.05, 0.1) is 12.1 Å². The third-order valence-electron chi connectivity index (χ3n) is 5.78. The minimum Gasteiger partial charge on any atom is -0.394 e. The monoisotopic (exact) mass is 296 g/mol. The highest BCUT2D eigenvalue weighted by atomic mass is 16.3. The van der Waals surface area contributed by atoms with E-state index in [2.05, 4.69) is 17.6 Å². The Morgan fingerprint density at radius 2 is 1.71 bits per heavy atom. The van der Waals surface area contributed by atoms with Gasteiger partial charge in [-0.3, -0.25) is 4.79 Å². The fourth-order valence-corrected chi connectivity index (χ4v) is 4.03. The molecule has 2 saturated carbocycles. The van der Waals surface area contributed by atoms with Crippen LogP contribution in [-0.4, -0.2) is 35.7 Å². The van der Waals surface area contributed by atoms with Gasteiger partial charge in [-0.1, -0.05) is 26.2 Å². The lowest BCUT2D eigenvalue weighted by atomic mass is 9.76. The van der Waals surface area contributed by atoms with Gasteiger partial charge in [0.25, 0.3) is 0 Å². The van der Waals surface area contributed by atoms with Crippen molar-refractivity contribution in [3.8, 4) is 0 Å². The first kappa shape index (κ1) is 16.8. The third kappa shape index (κ3) is 4.19. The molecule has 2 rings (SSSR count). The number of hydrogen-bond donors (Lipinski definition) is 3. The number of aliphatic hydroxyl groups excluding tert-OH is 1. The number of rotatable bonds is 5. The molecule has 4 nitrogen and oxygen atoms in total. The van der Waals surface area contributed by atoms with Gasteiger partial charge < -0.3 is 15.7 Å². The molecule has 0 aromatic carbocycles. The van der Waals surface area contributed by atoms with Crippen LogP contribution in [0, 0.1) is 5.92 Å². The zero-order valence-corrected chi connectivity index (χ0v) is 13.7. The highest BCUT2D eigenvalue weighted by Gasteiger charge is 2.38. The second-order valence-corrected chi connectivity index (χ2v) is 7.44. The van der Waals surface area contributed by atoms with Crippen LogP contribution >= 0.6 is 0 Å². The predicted molar refractivity (Wildman–Crippen MR) is 85.1 cm³/mol. The Kier molecular flexibility index (Phi) is 5.67. The molecule has 21 heavy (non-hydrogen) atoms. The van der Waals surface area contributed by atoms with E-state index >= 15 is 0 Å². The Labute approximate surface area is 129 Å². The molecule has 2 aliphatic rings. The quantitative estimate of drug-likeness (QED) is 0.730. The molecule has 0 heterocycles. The lowest BCUT2D eigenvalue weighted by molar-refractivity contribution is -0.126. The molecule has 0 spiro atoms. The van der Waals surface area contributed by atoms with Crippen molar-refractivity contribution in [3.05, 3.63) is 0 Å². The molecule has 0 aliphatic heterocycles. The zero-order chi connectivity index (χ0) is 15.3. The second-order valence-electron chi connectivity index (χ2n) is 7.44. The van der Waals surface area contributed by atoms with Crippen molar-refractivity contribution in [3.63, 3.8) is 0 Å². The van der Waals surface area contributed by atoms with Crippen molar-refractivity contribution in [2.45, 2.75) is 82.2 Å². The van der Waals surface area contributed by atoms with Gasteiger partial charge in [-0.25, -0.2) is 0 Å². The van der Waals surface area contributed by atoms with Crippen LogP contribution in [-0.2, 0) is 4.79 Å². The van der Waals surface area contributed by atoms with Crippen LogP contribution in [0.3, 0.4) is 0 Å². The summed E-state index contributed by atoms with van der Waals surface area (Å²) in [4.78, 5) is 12.5. The lowest BCUT2D eigenvalue weighted by Crippen LogP contribution is -2.56. The van der Waals surface area contributed by atoms with Crippen LogP contribution in [0.4, 0.5) is 0 Å². The maximum Gasteiger partial charge on any atom is 0.222 e. The molecule has 0 radical (unpaired) electrons. The van der Waals surface area contributed by atoms with Crippen molar-refractivity contribution in [2.24, 2.45) is 5.92 Å². The molecule has 0 unspecified atom stereocenters. The van der Waals surface area contributed by atoms with E-state index in [0.717, 1.165) is 38.5 Å². The predicted octanol–water partition coefficient (Wildman–Crippen LogP) is 2.36. The van der Waals surface area contributed by atoms with E-state index in [-0.39, 0.29) is 23.6 Å². The van der Waals surface area contributed by atoms with E-state index in [1.165, 1.54) is 19.3 Å². The van der Waals surface area contributed by atoms with Crippen LogP contribution in [0.1, 0.15) is 71.1 Å². The summed E-state index contributed by atoms with van der Waals surface area (Å²) in [5, 5.41) is 16.4. The Bertz CT molecular complexity index is 343. The molecular formula is C17H32N2O2. The summed E-state index contributed by atoms with van der Waals surface area (Å²) in [6.07, 6.45) is 10.4. The topological polar surface area (TPSA) is 61.4 Å². The van der Waals surface area contributed by atoms with E-state index in [1.54, 1.807) is 0 Å². The molecule has 1 amide bonds. The van der Waals surface area contributed by atoms with Gasteiger partial charge in [0, 0.05) is 12.0 Å². The van der Waals surface area contributed by atoms with Gasteiger partial charge in [-0.15, -0.1) is 0 Å². The summed E-state index contributed by atoms with van der Waals surface area (Å²) in [6.45, 7) is 2.32. The fourth-order valence-electron chi connectivity index (χ4n) is 4.03. The maximum absolute atomic E-state index is 12.5. The van der Waals surface area contributed by atoms with Crippen LogP contribution in [0.15, 0.2) is 0 Å². The van der Waals surface area contributed by atoms with E-state index in [4.69, 9.17) is 0 Å². The van der Waals surface area contributed by atoms with E-state index < -0.39 is 0 Å². The smallest absolute Gasteiger partial charge is 0.222 e. The second kappa shape index (κ2) is 7.10. The Morgan fingerprint density at radius 3 is 2.24 bits per heavy atom. The van der Waals surface area contributed by atoms with Crippen molar-refractivity contribution in [2.75, 3.05) is 13.7 Å². The highest BCUT2D eigenvalue weighted by molar-refractivity contribution is 5.78. The van der Waals surface area contributed by atoms with Crippen molar-refractivity contribution in [1.82, 2.24) is 10.6 Å². The fraction of sp³-hybridized carbons (Fsp3) is 0.941. The zero-order valence-electron chi connectivity index (χ0n) is 13.7. The number of hydrogen-bond acceptors (Lipinski definition) is 3. The molecule has 2 aliphatic carbocycles. The standard InChI is InChI=1S/C17H32N2O2/c1-14-6-10-17(13-20,11-7-14)19-15(21)12-16(18-2)8-4-3-5-9-16/h14,18,20H,3-13H2,1-2H3,(H,19,21). The van der Waals surface area contributed by atoms with Crippen LogP contribution < -0.4 is 10.6 Å². The molecule has 0 aromatic rings. The van der Waals surface area contributed by atoms with E-state index in [9.17, 15) is 9.90 Å². The first-order valence-electron chi connectivity index (χ1n) is 8.64. The molecule has 2 fully saturated rings. The van der Waals surface area contributed by atoms with E-state index in [1.807, 2.05) is 7.05 Å². The van der Waals surface area contributed by atoms with Crippen molar-refractivity contribution < 1.29 is 9.90 Å². The first-order chi connectivity index (χ1) is 10.0. The van der Waals surface area contributed by atoms with Gasteiger partial charge in [-0.2, -0.15) is 0 Å². The number of nitrogens with one attached hydrogen (secondary N) is 2. The number of aliphatic hydroxyl groups is 1. The molecular weight excluding hydrogens is 264 g/mol. The average Bonchev–Trinajstić information content (AvgIpc) is 2.51. The summed E-state index contributed by atoms with van der Waals surface area (Å²) in [6, 6.07) is 0. The van der Waals surface area contributed by atoms with Gasteiger partial charge >= 0.3 is 0 Å². The minimum absolute atomic E-state index is 0.0268. The summed E-state index contributed by atoms with van der Waals surface area (Å²) in [7, 11) is 1.97. The first-order valence-corrected chi connectivity index (χ1v) is 8.64. The number of amides is 1. The van der Waals surface area contributed by atoms with Gasteiger partial charge in [0.15, 0.2) is 0 Å². The molecule has 0 saturated heterocycles. The molecule has 0 aromatic heterocycles. The Balaban J connectivity index is 1.93. The molecule has 3 N–H and O–H groups in total. The summed E-state index contributed by atoms with van der Waals surface area (Å²) in [5.74, 6) is 0.818. The summed E-state index contributed by atoms with van der Waals surface area (Å²) < 4.78 is 0. The molecule has 0 atom stereocenters. The number of carbonyl (C=O) groups excluding carboxylic acids is 1. The third-order valence-corrected chi connectivity index (χ3v) is 5.78. The van der Waals surface area contributed by atoms with Gasteiger partial charge in [0.1, 0.15) is 0 Å². The average molecular weight is 296 g/mol. The van der Waals surface area contributed by atoms with Gasteiger partial charge in [0.2, 0.25) is 5.91 Å². The Morgan fingerprint density at radius 1 is 1.10 bits per heavy atom. The number of carbonyl (C=O) groups is 1.